The molecule has 0 saturated heterocycles. The first kappa shape index (κ1) is 17.0. The van der Waals surface area contributed by atoms with Gasteiger partial charge in [-0.2, -0.15) is 0 Å². The summed E-state index contributed by atoms with van der Waals surface area (Å²) in [5, 5.41) is 0. The topological polar surface area (TPSA) is 0 Å². The van der Waals surface area contributed by atoms with Crippen molar-refractivity contribution in [1.82, 2.24) is 0 Å². The number of rotatable bonds is 0. The first-order valence-corrected chi connectivity index (χ1v) is 7.41. The molecule has 0 atom stereocenters. The second kappa shape index (κ2) is 7.44. The zero-order valence-corrected chi connectivity index (χ0v) is 12.1. The van der Waals surface area contributed by atoms with Gasteiger partial charge in [0.25, 0.3) is 0 Å². The summed E-state index contributed by atoms with van der Waals surface area (Å²) in [5.41, 5.74) is 1.36. The monoisotopic (exact) mass is 240 g/mol. The normalized spacial score (nSPS) is 26.1. The average Bonchev–Trinajstić information content (AvgIpc) is 2.17. The van der Waals surface area contributed by atoms with Gasteiger partial charge in [0.2, 0.25) is 0 Å². The highest BCUT2D eigenvalue weighted by Gasteiger charge is 2.20. The van der Waals surface area contributed by atoms with E-state index < -0.39 is 0 Å². The lowest BCUT2D eigenvalue weighted by atomic mass is 9.78. The molecule has 2 saturated carbocycles. The van der Waals surface area contributed by atoms with Crippen molar-refractivity contribution in [2.24, 2.45) is 10.8 Å². The molecule has 0 spiro atoms. The molecule has 0 heteroatoms. The Balaban J connectivity index is 0.000000284. The Morgan fingerprint density at radius 1 is 0.471 bits per heavy atom. The molecule has 2 rings (SSSR count). The Kier molecular flexibility index (Phi) is 7.44. The van der Waals surface area contributed by atoms with Crippen LogP contribution in [0.2, 0.25) is 0 Å². The van der Waals surface area contributed by atoms with E-state index >= 15 is 0 Å². The lowest BCUT2D eigenvalue weighted by molar-refractivity contribution is 0.244. The van der Waals surface area contributed by atoms with Crippen LogP contribution in [0.1, 0.15) is 99.3 Å². The fourth-order valence-corrected chi connectivity index (χ4v) is 3.02. The minimum Gasteiger partial charge on any atom is -0.0776 e. The third-order valence-corrected chi connectivity index (χ3v) is 4.41. The highest BCUT2D eigenvalue weighted by Crippen LogP contribution is 2.35. The van der Waals surface area contributed by atoms with Crippen molar-refractivity contribution in [2.75, 3.05) is 0 Å². The van der Waals surface area contributed by atoms with Gasteiger partial charge < -0.3 is 0 Å². The molecule has 0 aliphatic heterocycles. The minimum atomic E-state index is 0. The summed E-state index contributed by atoms with van der Waals surface area (Å²) in [6.45, 7) is 9.52. The van der Waals surface area contributed by atoms with Crippen molar-refractivity contribution in [3.05, 3.63) is 0 Å². The smallest absolute Gasteiger partial charge is 0.0354 e. The lowest BCUT2D eigenvalue weighted by Crippen LogP contribution is -2.14. The van der Waals surface area contributed by atoms with E-state index in [-0.39, 0.29) is 7.43 Å². The molecule has 0 unspecified atom stereocenters. The molecule has 17 heavy (non-hydrogen) atoms. The van der Waals surface area contributed by atoms with Gasteiger partial charge in [0, 0.05) is 0 Å². The van der Waals surface area contributed by atoms with E-state index in [0.717, 1.165) is 0 Å². The van der Waals surface area contributed by atoms with E-state index in [1.807, 2.05) is 0 Å². The molecule has 2 aliphatic carbocycles. The van der Waals surface area contributed by atoms with Gasteiger partial charge in [-0.1, -0.05) is 73.6 Å². The SMILES string of the molecule is C.CC1(C)CCCCC1.CC1(C)CCCCC1. The summed E-state index contributed by atoms with van der Waals surface area (Å²) in [6, 6.07) is 0. The third-order valence-electron chi connectivity index (χ3n) is 4.41. The molecule has 0 aromatic rings. The molecule has 0 N–H and O–H groups in total. The molecule has 0 bridgehead atoms. The van der Waals surface area contributed by atoms with Gasteiger partial charge in [-0.05, 0) is 36.5 Å². The minimum absolute atomic E-state index is 0. The second-order valence-electron chi connectivity index (χ2n) is 7.45. The molecule has 0 radical (unpaired) electrons. The largest absolute Gasteiger partial charge is 0.0776 e. The summed E-state index contributed by atoms with van der Waals surface area (Å²) in [4.78, 5) is 0. The highest BCUT2D eigenvalue weighted by molar-refractivity contribution is 4.73. The van der Waals surface area contributed by atoms with Crippen LogP contribution in [0.5, 0.6) is 0 Å². The molecule has 0 amide bonds. The van der Waals surface area contributed by atoms with Crippen LogP contribution in [0.15, 0.2) is 0 Å². The van der Waals surface area contributed by atoms with Crippen LogP contribution in [0, 0.1) is 10.8 Å². The zero-order valence-electron chi connectivity index (χ0n) is 12.1. The molecule has 104 valence electrons. The van der Waals surface area contributed by atoms with Crippen molar-refractivity contribution in [2.45, 2.75) is 99.3 Å². The molecular weight excluding hydrogens is 204 g/mol. The zero-order chi connectivity index (χ0) is 12.1. The Hall–Kier alpha value is 0. The summed E-state index contributed by atoms with van der Waals surface area (Å²) >= 11 is 0. The summed E-state index contributed by atoms with van der Waals surface area (Å²) < 4.78 is 0. The fourth-order valence-electron chi connectivity index (χ4n) is 3.02. The Labute approximate surface area is 111 Å². The number of hydrogen-bond acceptors (Lipinski definition) is 0. The van der Waals surface area contributed by atoms with Gasteiger partial charge in [-0.3, -0.25) is 0 Å². The standard InChI is InChI=1S/2C8H16.CH4/c2*1-8(2)6-4-3-5-7-8;/h2*3-7H2,1-2H3;1H4. The van der Waals surface area contributed by atoms with Gasteiger partial charge in [0.15, 0.2) is 0 Å². The quantitative estimate of drug-likeness (QED) is 0.448. The summed E-state index contributed by atoms with van der Waals surface area (Å²) in [7, 11) is 0. The second-order valence-corrected chi connectivity index (χ2v) is 7.45. The maximum absolute atomic E-state index is 2.38. The van der Waals surface area contributed by atoms with Gasteiger partial charge in [0.1, 0.15) is 0 Å². The van der Waals surface area contributed by atoms with E-state index in [4.69, 9.17) is 0 Å². The molecule has 0 aromatic carbocycles. The van der Waals surface area contributed by atoms with Crippen LogP contribution < -0.4 is 0 Å². The van der Waals surface area contributed by atoms with Crippen molar-refractivity contribution < 1.29 is 0 Å². The van der Waals surface area contributed by atoms with Gasteiger partial charge in [-0.25, -0.2) is 0 Å². The molecule has 0 heterocycles. The van der Waals surface area contributed by atoms with Crippen LogP contribution in [0.3, 0.4) is 0 Å². The van der Waals surface area contributed by atoms with Crippen LogP contribution in [0.4, 0.5) is 0 Å². The van der Waals surface area contributed by atoms with Gasteiger partial charge >= 0.3 is 0 Å². The third kappa shape index (κ3) is 7.84. The van der Waals surface area contributed by atoms with Crippen molar-refractivity contribution in [1.29, 1.82) is 0 Å². The fraction of sp³-hybridized carbons (Fsp3) is 1.00. The molecule has 2 aliphatic rings. The van der Waals surface area contributed by atoms with E-state index in [1.54, 1.807) is 0 Å². The van der Waals surface area contributed by atoms with Gasteiger partial charge in [0.05, 0.1) is 0 Å². The number of hydrogen-bond donors (Lipinski definition) is 0. The van der Waals surface area contributed by atoms with Crippen molar-refractivity contribution in [3.8, 4) is 0 Å². The Morgan fingerprint density at radius 2 is 0.706 bits per heavy atom. The maximum Gasteiger partial charge on any atom is -0.0354 e. The van der Waals surface area contributed by atoms with E-state index in [0.29, 0.717) is 10.8 Å². The van der Waals surface area contributed by atoms with Crippen LogP contribution in [-0.2, 0) is 0 Å². The predicted molar refractivity (Wildman–Crippen MR) is 80.5 cm³/mol. The maximum atomic E-state index is 2.38. The molecule has 0 nitrogen and oxygen atoms in total. The lowest BCUT2D eigenvalue weighted by Gasteiger charge is -2.28. The Morgan fingerprint density at radius 3 is 0.824 bits per heavy atom. The van der Waals surface area contributed by atoms with Crippen molar-refractivity contribution in [3.63, 3.8) is 0 Å². The highest BCUT2D eigenvalue weighted by atomic mass is 14.3. The van der Waals surface area contributed by atoms with Crippen LogP contribution >= 0.6 is 0 Å². The van der Waals surface area contributed by atoms with E-state index in [1.165, 1.54) is 64.2 Å². The summed E-state index contributed by atoms with van der Waals surface area (Å²) in [6.07, 6.45) is 14.6. The van der Waals surface area contributed by atoms with Gasteiger partial charge in [-0.15, -0.1) is 0 Å². The molecule has 0 aromatic heterocycles. The average molecular weight is 240 g/mol. The van der Waals surface area contributed by atoms with Crippen molar-refractivity contribution >= 4 is 0 Å². The first-order chi connectivity index (χ1) is 7.41. The Bertz CT molecular complexity index is 150. The summed E-state index contributed by atoms with van der Waals surface area (Å²) in [5.74, 6) is 0. The molecular formula is C17H36. The van der Waals surface area contributed by atoms with E-state index in [9.17, 15) is 0 Å². The van der Waals surface area contributed by atoms with Crippen LogP contribution in [-0.4, -0.2) is 0 Å². The van der Waals surface area contributed by atoms with Crippen LogP contribution in [0.25, 0.3) is 0 Å². The van der Waals surface area contributed by atoms with E-state index in [2.05, 4.69) is 27.7 Å². The first-order valence-electron chi connectivity index (χ1n) is 7.41. The molecule has 2 fully saturated rings. The predicted octanol–water partition coefficient (Wildman–Crippen LogP) is 6.59.